The van der Waals surface area contributed by atoms with E-state index in [1.807, 2.05) is 13.8 Å². The molecule has 0 aliphatic heterocycles. The van der Waals surface area contributed by atoms with Crippen molar-refractivity contribution < 1.29 is 14.5 Å². The van der Waals surface area contributed by atoms with Gasteiger partial charge in [0.15, 0.2) is 5.11 Å². The van der Waals surface area contributed by atoms with Crippen LogP contribution in [-0.2, 0) is 0 Å². The Labute approximate surface area is 166 Å². The predicted octanol–water partition coefficient (Wildman–Crippen LogP) is 4.41. The molecule has 0 fully saturated rings. The first-order valence-corrected chi connectivity index (χ1v) is 8.84. The van der Waals surface area contributed by atoms with Crippen LogP contribution >= 0.6 is 23.8 Å². The second kappa shape index (κ2) is 9.29. The SMILES string of the molecule is CC(C)COc1ccc(C(=O)NC(=S)Nc2ccc(Cl)c([N+](=O)[O-])c2)cc1. The van der Waals surface area contributed by atoms with Gasteiger partial charge in [-0.1, -0.05) is 25.4 Å². The van der Waals surface area contributed by atoms with Gasteiger partial charge >= 0.3 is 0 Å². The fourth-order valence-corrected chi connectivity index (χ4v) is 2.43. The van der Waals surface area contributed by atoms with Crippen LogP contribution in [0.25, 0.3) is 0 Å². The van der Waals surface area contributed by atoms with Gasteiger partial charge in [-0.05, 0) is 54.5 Å². The lowest BCUT2D eigenvalue weighted by atomic mass is 10.2. The van der Waals surface area contributed by atoms with Gasteiger partial charge in [-0.3, -0.25) is 20.2 Å². The lowest BCUT2D eigenvalue weighted by Gasteiger charge is -2.11. The summed E-state index contributed by atoms with van der Waals surface area (Å²) in [4.78, 5) is 22.6. The summed E-state index contributed by atoms with van der Waals surface area (Å²) in [6.07, 6.45) is 0. The molecule has 0 aliphatic rings. The minimum absolute atomic E-state index is 0.0109. The number of rotatable bonds is 6. The summed E-state index contributed by atoms with van der Waals surface area (Å²) >= 11 is 10.8. The Morgan fingerprint density at radius 1 is 1.26 bits per heavy atom. The Morgan fingerprint density at radius 2 is 1.93 bits per heavy atom. The average Bonchev–Trinajstić information content (AvgIpc) is 2.61. The van der Waals surface area contributed by atoms with E-state index in [1.165, 1.54) is 18.2 Å². The third kappa shape index (κ3) is 6.19. The maximum atomic E-state index is 12.2. The molecular formula is C18H18ClN3O4S. The predicted molar refractivity (Wildman–Crippen MR) is 109 cm³/mol. The Kier molecular flexibility index (Phi) is 7.09. The number of hydrogen-bond acceptors (Lipinski definition) is 5. The zero-order chi connectivity index (χ0) is 20.0. The van der Waals surface area contributed by atoms with Crippen molar-refractivity contribution >= 4 is 46.2 Å². The van der Waals surface area contributed by atoms with E-state index in [0.717, 1.165) is 0 Å². The first kappa shape index (κ1) is 20.6. The molecule has 9 heteroatoms. The van der Waals surface area contributed by atoms with Crippen LogP contribution in [0.5, 0.6) is 5.75 Å². The van der Waals surface area contributed by atoms with Crippen molar-refractivity contribution in [1.29, 1.82) is 0 Å². The second-order valence-electron chi connectivity index (χ2n) is 6.06. The number of amides is 1. The van der Waals surface area contributed by atoms with E-state index in [1.54, 1.807) is 24.3 Å². The van der Waals surface area contributed by atoms with Gasteiger partial charge in [0.2, 0.25) is 0 Å². The van der Waals surface area contributed by atoms with Crippen LogP contribution in [0.2, 0.25) is 5.02 Å². The Morgan fingerprint density at radius 3 is 2.52 bits per heavy atom. The number of halogens is 1. The second-order valence-corrected chi connectivity index (χ2v) is 6.88. The highest BCUT2D eigenvalue weighted by Crippen LogP contribution is 2.27. The number of carbonyl (C=O) groups is 1. The number of anilines is 1. The van der Waals surface area contributed by atoms with Crippen molar-refractivity contribution in [2.75, 3.05) is 11.9 Å². The number of nitrogens with zero attached hydrogens (tertiary/aromatic N) is 1. The number of benzene rings is 2. The molecule has 0 atom stereocenters. The number of ether oxygens (including phenoxy) is 1. The highest BCUT2D eigenvalue weighted by Gasteiger charge is 2.14. The van der Waals surface area contributed by atoms with E-state index >= 15 is 0 Å². The average molecular weight is 408 g/mol. The number of nitro benzene ring substituents is 1. The third-order valence-corrected chi connectivity index (χ3v) is 3.85. The van der Waals surface area contributed by atoms with Crippen molar-refractivity contribution in [3.05, 3.63) is 63.2 Å². The van der Waals surface area contributed by atoms with Gasteiger partial charge in [-0.2, -0.15) is 0 Å². The molecule has 2 N–H and O–H groups in total. The van der Waals surface area contributed by atoms with E-state index in [2.05, 4.69) is 10.6 Å². The number of carbonyl (C=O) groups excluding carboxylic acids is 1. The van der Waals surface area contributed by atoms with Gasteiger partial charge < -0.3 is 10.1 Å². The van der Waals surface area contributed by atoms with Gasteiger partial charge in [-0.25, -0.2) is 0 Å². The molecule has 2 aromatic carbocycles. The lowest BCUT2D eigenvalue weighted by Crippen LogP contribution is -2.34. The molecular weight excluding hydrogens is 390 g/mol. The van der Waals surface area contributed by atoms with Crippen LogP contribution in [0.1, 0.15) is 24.2 Å². The fourth-order valence-electron chi connectivity index (χ4n) is 2.03. The first-order chi connectivity index (χ1) is 12.8. The largest absolute Gasteiger partial charge is 0.493 e. The molecule has 0 spiro atoms. The standard InChI is InChI=1S/C18H18ClN3O4S/c1-11(2)10-26-14-6-3-12(4-7-14)17(23)21-18(27)20-13-5-8-15(19)16(9-13)22(24)25/h3-9,11H,10H2,1-2H3,(H2,20,21,23,27). The molecule has 1 amide bonds. The van der Waals surface area contributed by atoms with Crippen LogP contribution in [0.3, 0.4) is 0 Å². The molecule has 0 bridgehead atoms. The van der Waals surface area contributed by atoms with Crippen LogP contribution in [0.15, 0.2) is 42.5 Å². The fraction of sp³-hybridized carbons (Fsp3) is 0.222. The molecule has 7 nitrogen and oxygen atoms in total. The van der Waals surface area contributed by atoms with Gasteiger partial charge in [0.25, 0.3) is 11.6 Å². The number of thiocarbonyl (C=S) groups is 1. The van der Waals surface area contributed by atoms with E-state index in [9.17, 15) is 14.9 Å². The molecule has 0 unspecified atom stereocenters. The van der Waals surface area contributed by atoms with Crippen molar-refractivity contribution in [1.82, 2.24) is 5.32 Å². The van der Waals surface area contributed by atoms with Crippen LogP contribution in [-0.4, -0.2) is 22.5 Å². The van der Waals surface area contributed by atoms with Gasteiger partial charge in [0.1, 0.15) is 10.8 Å². The van der Waals surface area contributed by atoms with Gasteiger partial charge in [0.05, 0.1) is 11.5 Å². The molecule has 2 aromatic rings. The molecule has 0 aromatic heterocycles. The van der Waals surface area contributed by atoms with E-state index < -0.39 is 10.8 Å². The summed E-state index contributed by atoms with van der Waals surface area (Å²) in [5.41, 5.74) is 0.486. The molecule has 0 radical (unpaired) electrons. The normalized spacial score (nSPS) is 10.4. The zero-order valence-corrected chi connectivity index (χ0v) is 16.3. The van der Waals surface area contributed by atoms with Gasteiger partial charge in [-0.15, -0.1) is 0 Å². The van der Waals surface area contributed by atoms with Crippen LogP contribution < -0.4 is 15.4 Å². The highest BCUT2D eigenvalue weighted by atomic mass is 35.5. The topological polar surface area (TPSA) is 93.5 Å². The maximum Gasteiger partial charge on any atom is 0.289 e. The molecule has 0 aliphatic carbocycles. The number of nitrogens with one attached hydrogen (secondary N) is 2. The summed E-state index contributed by atoms with van der Waals surface area (Å²) in [7, 11) is 0. The summed E-state index contributed by atoms with van der Waals surface area (Å²) in [6, 6.07) is 10.8. The molecule has 2 rings (SSSR count). The molecule has 0 saturated heterocycles. The van der Waals surface area contributed by atoms with Crippen LogP contribution in [0.4, 0.5) is 11.4 Å². The highest BCUT2D eigenvalue weighted by molar-refractivity contribution is 7.80. The summed E-state index contributed by atoms with van der Waals surface area (Å²) in [5.74, 6) is 0.668. The molecule has 142 valence electrons. The Hall–Kier alpha value is -2.71. The monoisotopic (exact) mass is 407 g/mol. The van der Waals surface area contributed by atoms with E-state index in [-0.39, 0.29) is 15.8 Å². The van der Waals surface area contributed by atoms with Crippen molar-refractivity contribution in [2.24, 2.45) is 5.92 Å². The lowest BCUT2D eigenvalue weighted by molar-refractivity contribution is -0.384. The van der Waals surface area contributed by atoms with Crippen molar-refractivity contribution in [3.63, 3.8) is 0 Å². The quantitative estimate of drug-likeness (QED) is 0.418. The minimum Gasteiger partial charge on any atom is -0.493 e. The molecule has 0 heterocycles. The zero-order valence-electron chi connectivity index (χ0n) is 14.7. The number of hydrogen-bond donors (Lipinski definition) is 2. The smallest absolute Gasteiger partial charge is 0.289 e. The van der Waals surface area contributed by atoms with E-state index in [4.69, 9.17) is 28.6 Å². The Bertz CT molecular complexity index is 856. The summed E-state index contributed by atoms with van der Waals surface area (Å²) < 4.78 is 5.57. The van der Waals surface area contributed by atoms with E-state index in [0.29, 0.717) is 29.5 Å². The summed E-state index contributed by atoms with van der Waals surface area (Å²) in [5, 5.41) is 16.2. The van der Waals surface area contributed by atoms with Crippen molar-refractivity contribution in [3.8, 4) is 5.75 Å². The molecule has 0 saturated carbocycles. The van der Waals surface area contributed by atoms with Crippen LogP contribution in [0, 0.1) is 16.0 Å². The third-order valence-electron chi connectivity index (χ3n) is 3.33. The first-order valence-electron chi connectivity index (χ1n) is 8.05. The summed E-state index contributed by atoms with van der Waals surface area (Å²) in [6.45, 7) is 4.68. The number of nitro groups is 1. The Balaban J connectivity index is 1.96. The molecule has 27 heavy (non-hydrogen) atoms. The van der Waals surface area contributed by atoms with Crippen molar-refractivity contribution in [2.45, 2.75) is 13.8 Å². The van der Waals surface area contributed by atoms with Gasteiger partial charge in [0, 0.05) is 17.3 Å². The minimum atomic E-state index is -0.599. The maximum absolute atomic E-state index is 12.2.